The van der Waals surface area contributed by atoms with Crippen LogP contribution >= 0.6 is 11.3 Å². The van der Waals surface area contributed by atoms with E-state index >= 15 is 0 Å². The first kappa shape index (κ1) is 16.6. The maximum absolute atomic E-state index is 5.16. The molecule has 4 nitrogen and oxygen atoms in total. The fourth-order valence-corrected chi connectivity index (χ4v) is 4.81. The number of benzene rings is 1. The summed E-state index contributed by atoms with van der Waals surface area (Å²) in [5, 5.41) is 1.33. The molecule has 0 amide bonds. The minimum atomic E-state index is 0.389. The van der Waals surface area contributed by atoms with Gasteiger partial charge in [0.15, 0.2) is 0 Å². The summed E-state index contributed by atoms with van der Waals surface area (Å²) in [6.07, 6.45) is 0. The van der Waals surface area contributed by atoms with Crippen molar-refractivity contribution in [3.05, 3.63) is 40.8 Å². The molecule has 2 aliphatic heterocycles. The van der Waals surface area contributed by atoms with Gasteiger partial charge in [-0.25, -0.2) is 4.99 Å². The van der Waals surface area contributed by atoms with E-state index in [0.29, 0.717) is 6.04 Å². The van der Waals surface area contributed by atoms with Gasteiger partial charge in [-0.3, -0.25) is 0 Å². The van der Waals surface area contributed by atoms with Gasteiger partial charge in [0.25, 0.3) is 0 Å². The molecule has 0 radical (unpaired) electrons. The van der Waals surface area contributed by atoms with E-state index in [1.807, 2.05) is 11.3 Å². The number of amidine groups is 1. The summed E-state index contributed by atoms with van der Waals surface area (Å²) in [6.45, 7) is 11.0. The number of nitrogens with zero attached hydrogens (tertiary/aromatic N) is 4. The SMILES string of the molecule is Cc1cc2c(s1)N(C(C)C)c1ccccc1N=C2N1CCN(C)CC1. The van der Waals surface area contributed by atoms with E-state index in [1.165, 1.54) is 21.1 Å². The lowest BCUT2D eigenvalue weighted by Gasteiger charge is -2.34. The third kappa shape index (κ3) is 2.96. The van der Waals surface area contributed by atoms with Crippen LogP contribution in [0.15, 0.2) is 35.3 Å². The van der Waals surface area contributed by atoms with Crippen molar-refractivity contribution >= 4 is 33.5 Å². The zero-order chi connectivity index (χ0) is 17.6. The fourth-order valence-electron chi connectivity index (χ4n) is 3.66. The van der Waals surface area contributed by atoms with Crippen molar-refractivity contribution in [3.8, 4) is 0 Å². The highest BCUT2D eigenvalue weighted by molar-refractivity contribution is 7.16. The van der Waals surface area contributed by atoms with Crippen LogP contribution in [-0.2, 0) is 0 Å². The molecule has 1 aromatic carbocycles. The number of para-hydroxylation sites is 2. The Morgan fingerprint density at radius 3 is 2.52 bits per heavy atom. The number of aryl methyl sites for hydroxylation is 1. The zero-order valence-corrected chi connectivity index (χ0v) is 16.3. The van der Waals surface area contributed by atoms with Crippen molar-refractivity contribution in [1.82, 2.24) is 9.80 Å². The number of thiophene rings is 1. The van der Waals surface area contributed by atoms with Crippen LogP contribution in [0, 0.1) is 6.92 Å². The second-order valence-electron chi connectivity index (χ2n) is 7.25. The maximum atomic E-state index is 5.16. The average Bonchev–Trinajstić information content (AvgIpc) is 2.89. The molecule has 132 valence electrons. The Labute approximate surface area is 154 Å². The Hall–Kier alpha value is -1.85. The lowest BCUT2D eigenvalue weighted by atomic mass is 10.2. The van der Waals surface area contributed by atoms with Crippen molar-refractivity contribution in [2.75, 3.05) is 38.1 Å². The number of piperazine rings is 1. The highest BCUT2D eigenvalue weighted by Crippen LogP contribution is 2.45. The van der Waals surface area contributed by atoms with Gasteiger partial charge in [0.05, 0.1) is 16.9 Å². The van der Waals surface area contributed by atoms with Crippen LogP contribution in [0.2, 0.25) is 0 Å². The van der Waals surface area contributed by atoms with E-state index < -0.39 is 0 Å². The third-order valence-corrected chi connectivity index (χ3v) is 6.03. The van der Waals surface area contributed by atoms with E-state index in [-0.39, 0.29) is 0 Å². The van der Waals surface area contributed by atoms with Gasteiger partial charge in [-0.05, 0) is 46.0 Å². The minimum absolute atomic E-state index is 0.389. The molecule has 0 N–H and O–H groups in total. The molecule has 1 fully saturated rings. The topological polar surface area (TPSA) is 22.1 Å². The van der Waals surface area contributed by atoms with E-state index in [0.717, 1.165) is 37.7 Å². The molecule has 0 atom stereocenters. The molecule has 0 aliphatic carbocycles. The molecule has 2 aliphatic rings. The summed E-state index contributed by atoms with van der Waals surface area (Å²) in [6, 6.07) is 11.3. The van der Waals surface area contributed by atoms with Gasteiger partial charge in [-0.15, -0.1) is 11.3 Å². The van der Waals surface area contributed by atoms with Crippen molar-refractivity contribution in [3.63, 3.8) is 0 Å². The molecule has 1 aromatic heterocycles. The molecule has 25 heavy (non-hydrogen) atoms. The molecular formula is C20H26N4S. The Morgan fingerprint density at radius 1 is 1.08 bits per heavy atom. The number of anilines is 2. The molecule has 0 spiro atoms. The smallest absolute Gasteiger partial charge is 0.139 e. The van der Waals surface area contributed by atoms with Gasteiger partial charge in [0.1, 0.15) is 10.8 Å². The lowest BCUT2D eigenvalue weighted by Crippen LogP contribution is -2.47. The fraction of sp³-hybridized carbons (Fsp3) is 0.450. The van der Waals surface area contributed by atoms with Gasteiger partial charge in [-0.2, -0.15) is 0 Å². The van der Waals surface area contributed by atoms with E-state index in [4.69, 9.17) is 4.99 Å². The van der Waals surface area contributed by atoms with E-state index in [2.05, 4.69) is 72.9 Å². The molecule has 1 saturated heterocycles. The predicted molar refractivity (Wildman–Crippen MR) is 108 cm³/mol. The monoisotopic (exact) mass is 354 g/mol. The Kier molecular flexibility index (Phi) is 4.29. The highest BCUT2D eigenvalue weighted by Gasteiger charge is 2.30. The zero-order valence-electron chi connectivity index (χ0n) is 15.5. The first-order valence-corrected chi connectivity index (χ1v) is 9.87. The summed E-state index contributed by atoms with van der Waals surface area (Å²) in [5.41, 5.74) is 3.58. The third-order valence-electron chi connectivity index (χ3n) is 4.98. The largest absolute Gasteiger partial charge is 0.353 e. The molecular weight excluding hydrogens is 328 g/mol. The maximum Gasteiger partial charge on any atom is 0.139 e. The van der Waals surface area contributed by atoms with Gasteiger partial charge in [-0.1, -0.05) is 12.1 Å². The van der Waals surface area contributed by atoms with Crippen LogP contribution in [0.1, 0.15) is 24.3 Å². The van der Waals surface area contributed by atoms with Crippen LogP contribution in [0.5, 0.6) is 0 Å². The first-order chi connectivity index (χ1) is 12.0. The van der Waals surface area contributed by atoms with E-state index in [9.17, 15) is 0 Å². The Bertz CT molecular complexity index is 800. The van der Waals surface area contributed by atoms with Crippen molar-refractivity contribution in [2.24, 2.45) is 4.99 Å². The lowest BCUT2D eigenvalue weighted by molar-refractivity contribution is 0.216. The minimum Gasteiger partial charge on any atom is -0.353 e. The summed E-state index contributed by atoms with van der Waals surface area (Å²) in [7, 11) is 2.20. The predicted octanol–water partition coefficient (Wildman–Crippen LogP) is 4.24. The van der Waals surface area contributed by atoms with Crippen LogP contribution in [0.3, 0.4) is 0 Å². The van der Waals surface area contributed by atoms with Crippen molar-refractivity contribution in [1.29, 1.82) is 0 Å². The summed E-state index contributed by atoms with van der Waals surface area (Å²) in [5.74, 6) is 1.14. The summed E-state index contributed by atoms with van der Waals surface area (Å²) >= 11 is 1.88. The van der Waals surface area contributed by atoms with Crippen LogP contribution < -0.4 is 4.90 Å². The quantitative estimate of drug-likeness (QED) is 0.765. The van der Waals surface area contributed by atoms with Crippen molar-refractivity contribution in [2.45, 2.75) is 26.8 Å². The second kappa shape index (κ2) is 6.46. The second-order valence-corrected chi connectivity index (χ2v) is 8.49. The van der Waals surface area contributed by atoms with Crippen molar-refractivity contribution < 1.29 is 0 Å². The molecule has 0 unspecified atom stereocenters. The van der Waals surface area contributed by atoms with Gasteiger partial charge in [0, 0.05) is 37.1 Å². The van der Waals surface area contributed by atoms with Gasteiger partial charge in [0.2, 0.25) is 0 Å². The average molecular weight is 355 g/mol. The van der Waals surface area contributed by atoms with E-state index in [1.54, 1.807) is 0 Å². The normalized spacial score (nSPS) is 18.0. The molecule has 2 aromatic rings. The number of aliphatic imine (C=N–C) groups is 1. The number of rotatable bonds is 1. The molecule has 3 heterocycles. The van der Waals surface area contributed by atoms with Crippen LogP contribution in [0.25, 0.3) is 0 Å². The number of hydrogen-bond acceptors (Lipinski definition) is 5. The number of likely N-dealkylation sites (N-methyl/N-ethyl adjacent to an activating group) is 1. The summed E-state index contributed by atoms with van der Waals surface area (Å²) in [4.78, 5) is 13.8. The molecule has 0 saturated carbocycles. The Morgan fingerprint density at radius 2 is 1.80 bits per heavy atom. The standard InChI is InChI=1S/C20H26N4S/c1-14(2)24-18-8-6-5-7-17(18)21-19(16-13-15(3)25-20(16)24)23-11-9-22(4)10-12-23/h5-8,13-14H,9-12H2,1-4H3. The number of hydrogen-bond donors (Lipinski definition) is 0. The van der Waals surface area contributed by atoms with Crippen LogP contribution in [0.4, 0.5) is 16.4 Å². The first-order valence-electron chi connectivity index (χ1n) is 9.06. The Balaban J connectivity index is 1.88. The molecule has 0 bridgehead atoms. The van der Waals surface area contributed by atoms with Gasteiger partial charge < -0.3 is 14.7 Å². The molecule has 4 rings (SSSR count). The number of fused-ring (bicyclic) bond motifs is 2. The van der Waals surface area contributed by atoms with Gasteiger partial charge >= 0.3 is 0 Å². The molecule has 5 heteroatoms. The van der Waals surface area contributed by atoms with Crippen LogP contribution in [-0.4, -0.2) is 54.9 Å². The highest BCUT2D eigenvalue weighted by atomic mass is 32.1. The summed E-state index contributed by atoms with van der Waals surface area (Å²) < 4.78 is 0.